The second-order valence-electron chi connectivity index (χ2n) is 5.99. The molecular formula is C18H25MgNO8S. The number of phenols is 1. The second kappa shape index (κ2) is 14.0. The van der Waals surface area contributed by atoms with E-state index in [2.05, 4.69) is 4.99 Å². The van der Waals surface area contributed by atoms with Crippen molar-refractivity contribution in [2.24, 2.45) is 4.99 Å². The third-order valence-electron chi connectivity index (χ3n) is 3.80. The Labute approximate surface area is 190 Å². The van der Waals surface area contributed by atoms with Crippen molar-refractivity contribution in [2.45, 2.75) is 12.5 Å². The van der Waals surface area contributed by atoms with Gasteiger partial charge in [0.25, 0.3) is 0 Å². The van der Waals surface area contributed by atoms with Gasteiger partial charge in [0.2, 0.25) is 0 Å². The predicted octanol–water partition coefficient (Wildman–Crippen LogP) is -0.105. The van der Waals surface area contributed by atoms with E-state index >= 15 is 0 Å². The summed E-state index contributed by atoms with van der Waals surface area (Å²) in [6, 6.07) is 5.01. The van der Waals surface area contributed by atoms with Crippen LogP contribution in [0.2, 0.25) is 0 Å². The zero-order valence-electron chi connectivity index (χ0n) is 16.6. The number of nitrogens with zero attached hydrogens (tertiary/aromatic N) is 1. The third-order valence-corrected chi connectivity index (χ3v) is 5.09. The van der Waals surface area contributed by atoms with Gasteiger partial charge in [-0.15, -0.1) is 11.8 Å². The summed E-state index contributed by atoms with van der Waals surface area (Å²) in [5.74, 6) is -0.762. The molecule has 0 saturated heterocycles. The zero-order valence-corrected chi connectivity index (χ0v) is 18.8. The first-order valence-electron chi connectivity index (χ1n) is 8.51. The first-order valence-corrected chi connectivity index (χ1v) is 9.50. The van der Waals surface area contributed by atoms with Gasteiger partial charge in [0.05, 0.1) is 44.6 Å². The molecule has 0 spiro atoms. The fraction of sp³-hybridized carbons (Fsp3) is 0.556. The molecule has 0 radical (unpaired) electrons. The van der Waals surface area contributed by atoms with Crippen molar-refractivity contribution in [3.63, 3.8) is 0 Å². The van der Waals surface area contributed by atoms with Crippen molar-refractivity contribution in [1.29, 1.82) is 0 Å². The van der Waals surface area contributed by atoms with E-state index in [0.29, 0.717) is 43.6 Å². The average Bonchev–Trinajstić information content (AvgIpc) is 3.05. The van der Waals surface area contributed by atoms with Crippen LogP contribution in [0.1, 0.15) is 12.5 Å². The average molecular weight is 440 g/mol. The van der Waals surface area contributed by atoms with Gasteiger partial charge in [0.15, 0.2) is 11.5 Å². The molecule has 0 aliphatic carbocycles. The minimum absolute atomic E-state index is 0. The molecule has 1 heterocycles. The number of rotatable bonds is 12. The van der Waals surface area contributed by atoms with Crippen LogP contribution in [-0.4, -0.2) is 103 Å². The number of hydrogen-bond donors (Lipinski definition) is 1. The summed E-state index contributed by atoms with van der Waals surface area (Å²) in [6.07, 6.45) is 0. The monoisotopic (exact) mass is 439 g/mol. The van der Waals surface area contributed by atoms with Crippen LogP contribution >= 0.6 is 11.8 Å². The first-order chi connectivity index (χ1) is 13.0. The predicted molar refractivity (Wildman–Crippen MR) is 107 cm³/mol. The quantitative estimate of drug-likeness (QED) is 0.349. The van der Waals surface area contributed by atoms with Crippen molar-refractivity contribution in [1.82, 2.24) is 0 Å². The van der Waals surface area contributed by atoms with Crippen LogP contribution in [0.3, 0.4) is 0 Å². The number of thioether (sulfide) groups is 1. The Hall–Kier alpha value is -1.08. The number of carbonyl (C=O) groups is 1. The number of methoxy groups -OCH3 is 1. The number of aliphatic carboxylic acids is 1. The van der Waals surface area contributed by atoms with E-state index < -0.39 is 11.5 Å². The summed E-state index contributed by atoms with van der Waals surface area (Å²) in [7, 11) is 1.61. The van der Waals surface area contributed by atoms with Gasteiger partial charge in [-0.05, 0) is 19.1 Å². The summed E-state index contributed by atoms with van der Waals surface area (Å²) < 4.78 is 21.1. The summed E-state index contributed by atoms with van der Waals surface area (Å²) in [6.45, 7) is 4.07. The topological polar surface area (TPSA) is 140 Å². The first kappa shape index (κ1) is 27.9. The van der Waals surface area contributed by atoms with Crippen LogP contribution in [0.15, 0.2) is 23.2 Å². The van der Waals surface area contributed by atoms with E-state index in [9.17, 15) is 15.0 Å². The van der Waals surface area contributed by atoms with E-state index in [1.165, 1.54) is 18.7 Å². The van der Waals surface area contributed by atoms with Gasteiger partial charge in [0, 0.05) is 12.9 Å². The Morgan fingerprint density at radius 1 is 1.21 bits per heavy atom. The molecule has 0 saturated carbocycles. The van der Waals surface area contributed by atoms with Crippen LogP contribution in [0, 0.1) is 0 Å². The van der Waals surface area contributed by atoms with Crippen LogP contribution in [-0.2, 0) is 19.0 Å². The Bertz CT molecular complexity index is 675. The molecule has 1 aliphatic rings. The maximum atomic E-state index is 11.2. The summed E-state index contributed by atoms with van der Waals surface area (Å²) >= 11 is 1.26. The Balaban J connectivity index is 0.00000392. The molecule has 0 aromatic heterocycles. The minimum Gasteiger partial charge on any atom is -0.870 e. The summed E-state index contributed by atoms with van der Waals surface area (Å²) in [5.41, 5.74) is -0.849. The molecule has 1 atom stereocenters. The van der Waals surface area contributed by atoms with Crippen LogP contribution in [0.5, 0.6) is 11.5 Å². The van der Waals surface area contributed by atoms with Crippen molar-refractivity contribution in [2.75, 3.05) is 52.5 Å². The van der Waals surface area contributed by atoms with Gasteiger partial charge in [-0.3, -0.25) is 4.99 Å². The SMILES string of the molecule is COCCOCCOCCOc1cccc(C2=N[C@@](C)(C(=O)[O-])CS2)c1O.[Mg+2].[OH-]. The van der Waals surface area contributed by atoms with E-state index in [1.807, 2.05) is 0 Å². The number of aliphatic imine (C=N–C) groups is 1. The zero-order chi connectivity index (χ0) is 19.7. The molecule has 0 amide bonds. The van der Waals surface area contributed by atoms with Gasteiger partial charge in [-0.2, -0.15) is 0 Å². The number of para-hydroxylation sites is 1. The van der Waals surface area contributed by atoms with Crippen molar-refractivity contribution in [3.05, 3.63) is 23.8 Å². The fourth-order valence-corrected chi connectivity index (χ4v) is 3.41. The molecular weight excluding hydrogens is 415 g/mol. The van der Waals surface area contributed by atoms with Gasteiger partial charge in [-0.1, -0.05) is 6.07 Å². The fourth-order valence-electron chi connectivity index (χ4n) is 2.23. The standard InChI is InChI=1S/C18H25NO7S.Mg.H2O/c1-18(17(21)22)12-27-16(19-18)13-4-3-5-14(15(13)20)26-11-10-25-9-8-24-7-6-23-2;;/h3-5,20H,6-12H2,1-2H3,(H,21,22);;1H2/q;+2;/p-2/t18-;;/m1../s1. The Kier molecular flexibility index (Phi) is 13.5. The molecule has 0 bridgehead atoms. The number of hydrogen-bond acceptors (Lipinski definition) is 10. The molecule has 1 aromatic rings. The maximum absolute atomic E-state index is 11.2. The van der Waals surface area contributed by atoms with Crippen LogP contribution in [0.25, 0.3) is 0 Å². The molecule has 2 rings (SSSR count). The van der Waals surface area contributed by atoms with Gasteiger partial charge < -0.3 is 39.4 Å². The molecule has 2 N–H and O–H groups in total. The van der Waals surface area contributed by atoms with E-state index in [0.717, 1.165) is 0 Å². The van der Waals surface area contributed by atoms with Crippen molar-refractivity contribution < 1.29 is 39.4 Å². The molecule has 0 fully saturated rings. The number of benzene rings is 1. The molecule has 29 heavy (non-hydrogen) atoms. The molecule has 9 nitrogen and oxygen atoms in total. The number of carboxylic acid groups (broad SMARTS) is 1. The number of ether oxygens (including phenoxy) is 4. The van der Waals surface area contributed by atoms with Gasteiger partial charge >= 0.3 is 23.1 Å². The Morgan fingerprint density at radius 3 is 2.41 bits per heavy atom. The molecule has 1 aromatic carbocycles. The molecule has 0 unspecified atom stereocenters. The van der Waals surface area contributed by atoms with Crippen molar-refractivity contribution >= 4 is 45.8 Å². The Morgan fingerprint density at radius 2 is 1.83 bits per heavy atom. The largest absolute Gasteiger partial charge is 2.00 e. The van der Waals surface area contributed by atoms with E-state index in [-0.39, 0.29) is 52.4 Å². The minimum atomic E-state index is -1.29. The van der Waals surface area contributed by atoms with Crippen molar-refractivity contribution in [3.8, 4) is 11.5 Å². The van der Waals surface area contributed by atoms with E-state index in [4.69, 9.17) is 18.9 Å². The summed E-state index contributed by atoms with van der Waals surface area (Å²) in [4.78, 5) is 15.4. The second-order valence-corrected chi connectivity index (χ2v) is 6.95. The number of phenolic OH excluding ortho intramolecular Hbond substituents is 1. The van der Waals surface area contributed by atoms with Crippen LogP contribution in [0.4, 0.5) is 0 Å². The maximum Gasteiger partial charge on any atom is 2.00 e. The molecule has 158 valence electrons. The smallest absolute Gasteiger partial charge is 0.870 e. The molecule has 1 aliphatic heterocycles. The summed E-state index contributed by atoms with van der Waals surface area (Å²) in [5, 5.41) is 22.1. The number of aromatic hydroxyl groups is 1. The number of carboxylic acids is 1. The third kappa shape index (κ3) is 8.28. The van der Waals surface area contributed by atoms with Crippen LogP contribution < -0.4 is 9.84 Å². The van der Waals surface area contributed by atoms with Gasteiger partial charge in [0.1, 0.15) is 17.2 Å². The number of carbonyl (C=O) groups excluding carboxylic acids is 1. The molecule has 11 heteroatoms. The van der Waals surface area contributed by atoms with E-state index in [1.54, 1.807) is 25.3 Å². The normalized spacial score (nSPS) is 17.8. The van der Waals surface area contributed by atoms with Gasteiger partial charge in [-0.25, -0.2) is 0 Å².